The van der Waals surface area contributed by atoms with E-state index < -0.39 is 29.1 Å². The predicted molar refractivity (Wildman–Crippen MR) is 104 cm³/mol. The summed E-state index contributed by atoms with van der Waals surface area (Å²) in [6.45, 7) is 0.444. The number of tetrazole rings is 1. The van der Waals surface area contributed by atoms with E-state index in [0.29, 0.717) is 18.7 Å². The van der Waals surface area contributed by atoms with Crippen molar-refractivity contribution in [2.75, 3.05) is 13.1 Å². The van der Waals surface area contributed by atoms with Gasteiger partial charge in [-0.3, -0.25) is 0 Å². The largest absolute Gasteiger partial charge is 0.465 e. The Morgan fingerprint density at radius 3 is 2.41 bits per heavy atom. The van der Waals surface area contributed by atoms with Crippen LogP contribution in [0, 0.1) is 5.82 Å². The summed E-state index contributed by atoms with van der Waals surface area (Å²) >= 11 is 0. The van der Waals surface area contributed by atoms with Gasteiger partial charge in [-0.25, -0.2) is 9.18 Å². The van der Waals surface area contributed by atoms with E-state index >= 15 is 0 Å². The monoisotopic (exact) mass is 449 g/mol. The van der Waals surface area contributed by atoms with E-state index in [4.69, 9.17) is 0 Å². The molecule has 2 heterocycles. The number of likely N-dealkylation sites (tertiary alicyclic amines) is 1. The highest BCUT2D eigenvalue weighted by molar-refractivity contribution is 5.65. The summed E-state index contributed by atoms with van der Waals surface area (Å²) in [5, 5.41) is 21.9. The van der Waals surface area contributed by atoms with Gasteiger partial charge in [0.1, 0.15) is 5.82 Å². The number of aromatic nitrogens is 4. The van der Waals surface area contributed by atoms with Crippen LogP contribution in [0.5, 0.6) is 0 Å². The van der Waals surface area contributed by atoms with Crippen LogP contribution in [0.25, 0.3) is 0 Å². The summed E-state index contributed by atoms with van der Waals surface area (Å²) in [5.41, 5.74) is -0.939. The summed E-state index contributed by atoms with van der Waals surface area (Å²) in [6.07, 6.45) is -4.94. The second-order valence-electron chi connectivity index (χ2n) is 7.67. The lowest BCUT2D eigenvalue weighted by Crippen LogP contribution is -2.45. The minimum atomic E-state index is -4.81. The average molecular weight is 449 g/mol. The van der Waals surface area contributed by atoms with Crippen LogP contribution in [-0.4, -0.2) is 49.4 Å². The van der Waals surface area contributed by atoms with Crippen molar-refractivity contribution >= 4 is 6.09 Å². The molecule has 0 saturated carbocycles. The molecule has 2 aromatic carbocycles. The quantitative estimate of drug-likeness (QED) is 0.610. The number of benzene rings is 2. The molecule has 1 fully saturated rings. The van der Waals surface area contributed by atoms with Gasteiger partial charge in [0.25, 0.3) is 0 Å². The van der Waals surface area contributed by atoms with Crippen LogP contribution in [-0.2, 0) is 18.1 Å². The molecule has 0 spiro atoms. The molecule has 1 aromatic heterocycles. The normalized spacial score (nSPS) is 16.2. The minimum Gasteiger partial charge on any atom is -0.465 e. The molecule has 1 saturated heterocycles. The SMILES string of the molecule is O=C(O)N1CCC(c2ccccc2)(c2nnn(Cc3ccc(F)c(C(F)(F)F)c3)n2)CC1. The van der Waals surface area contributed by atoms with E-state index in [1.165, 1.54) is 11.0 Å². The fraction of sp³-hybridized carbons (Fsp3) is 0.333. The fourth-order valence-corrected chi connectivity index (χ4v) is 4.03. The number of carbonyl (C=O) groups is 1. The third-order valence-electron chi connectivity index (χ3n) is 5.75. The van der Waals surface area contributed by atoms with Gasteiger partial charge in [0.05, 0.1) is 17.5 Å². The minimum absolute atomic E-state index is 0.123. The third kappa shape index (κ3) is 4.14. The summed E-state index contributed by atoms with van der Waals surface area (Å²) in [6, 6.07) is 12.1. The van der Waals surface area contributed by atoms with Crippen molar-refractivity contribution in [1.82, 2.24) is 25.1 Å². The molecule has 0 bridgehead atoms. The van der Waals surface area contributed by atoms with Gasteiger partial charge in [-0.15, -0.1) is 10.2 Å². The molecule has 1 aliphatic heterocycles. The van der Waals surface area contributed by atoms with Gasteiger partial charge in [0.2, 0.25) is 0 Å². The molecule has 1 aliphatic rings. The second-order valence-corrected chi connectivity index (χ2v) is 7.67. The number of rotatable bonds is 4. The van der Waals surface area contributed by atoms with Crippen LogP contribution < -0.4 is 0 Å². The number of hydrogen-bond donors (Lipinski definition) is 1. The van der Waals surface area contributed by atoms with Crippen molar-refractivity contribution in [2.24, 2.45) is 0 Å². The Morgan fingerprint density at radius 2 is 1.78 bits per heavy atom. The van der Waals surface area contributed by atoms with Crippen LogP contribution >= 0.6 is 0 Å². The van der Waals surface area contributed by atoms with Crippen LogP contribution in [0.4, 0.5) is 22.4 Å². The average Bonchev–Trinajstić information content (AvgIpc) is 3.24. The fourth-order valence-electron chi connectivity index (χ4n) is 4.03. The summed E-state index contributed by atoms with van der Waals surface area (Å²) in [4.78, 5) is 13.8. The van der Waals surface area contributed by atoms with Crippen molar-refractivity contribution in [3.8, 4) is 0 Å². The molecule has 32 heavy (non-hydrogen) atoms. The molecule has 0 aliphatic carbocycles. The zero-order valence-electron chi connectivity index (χ0n) is 16.8. The van der Waals surface area contributed by atoms with Crippen LogP contribution in [0.3, 0.4) is 0 Å². The first-order valence-corrected chi connectivity index (χ1v) is 9.86. The van der Waals surface area contributed by atoms with Gasteiger partial charge in [0.15, 0.2) is 5.82 Å². The molecule has 11 heteroatoms. The lowest BCUT2D eigenvalue weighted by atomic mass is 9.72. The first kappa shape index (κ1) is 21.7. The highest BCUT2D eigenvalue weighted by Gasteiger charge is 2.42. The Hall–Kier alpha value is -3.50. The lowest BCUT2D eigenvalue weighted by molar-refractivity contribution is -0.140. The van der Waals surface area contributed by atoms with Gasteiger partial charge < -0.3 is 10.0 Å². The Labute approximate surface area is 180 Å². The smallest absolute Gasteiger partial charge is 0.419 e. The number of amides is 1. The summed E-state index contributed by atoms with van der Waals surface area (Å²) in [7, 11) is 0. The number of alkyl halides is 3. The Balaban J connectivity index is 1.64. The van der Waals surface area contributed by atoms with E-state index in [0.717, 1.165) is 22.5 Å². The molecule has 0 atom stereocenters. The molecule has 7 nitrogen and oxygen atoms in total. The van der Waals surface area contributed by atoms with Crippen LogP contribution in [0.1, 0.15) is 35.4 Å². The first-order valence-electron chi connectivity index (χ1n) is 9.86. The summed E-state index contributed by atoms with van der Waals surface area (Å²) in [5.74, 6) is -0.978. The molecule has 0 radical (unpaired) electrons. The summed E-state index contributed by atoms with van der Waals surface area (Å²) < 4.78 is 52.6. The zero-order chi connectivity index (χ0) is 22.9. The van der Waals surface area contributed by atoms with Gasteiger partial charge in [-0.2, -0.15) is 18.0 Å². The standard InChI is InChI=1S/C21H19F4N5O2/c22-17-7-6-14(12-16(17)21(23,24)25)13-30-27-18(26-28-30)20(15-4-2-1-3-5-15)8-10-29(11-9-20)19(31)32/h1-7,12H,8-11,13H2,(H,31,32). The number of hydrogen-bond acceptors (Lipinski definition) is 4. The molecule has 4 rings (SSSR count). The molecule has 0 unspecified atom stereocenters. The van der Waals surface area contributed by atoms with Gasteiger partial charge >= 0.3 is 12.3 Å². The highest BCUT2D eigenvalue weighted by atomic mass is 19.4. The maximum atomic E-state index is 13.6. The van der Waals surface area contributed by atoms with Crippen LogP contribution in [0.15, 0.2) is 48.5 Å². The van der Waals surface area contributed by atoms with Gasteiger partial charge in [-0.1, -0.05) is 36.4 Å². The maximum absolute atomic E-state index is 13.6. The Morgan fingerprint density at radius 1 is 1.09 bits per heavy atom. The van der Waals surface area contributed by atoms with E-state index in [1.54, 1.807) is 0 Å². The van der Waals surface area contributed by atoms with Crippen molar-refractivity contribution < 1.29 is 27.5 Å². The van der Waals surface area contributed by atoms with Crippen molar-refractivity contribution in [1.29, 1.82) is 0 Å². The lowest BCUT2D eigenvalue weighted by Gasteiger charge is -2.39. The van der Waals surface area contributed by atoms with E-state index in [1.807, 2.05) is 30.3 Å². The number of nitrogens with zero attached hydrogens (tertiary/aromatic N) is 5. The van der Waals surface area contributed by atoms with E-state index in [2.05, 4.69) is 15.4 Å². The second kappa shape index (κ2) is 8.21. The molecule has 3 aromatic rings. The first-order chi connectivity index (χ1) is 15.2. The zero-order valence-corrected chi connectivity index (χ0v) is 16.8. The van der Waals surface area contributed by atoms with Crippen molar-refractivity contribution in [2.45, 2.75) is 31.0 Å². The topological polar surface area (TPSA) is 84.1 Å². The number of piperidine rings is 1. The van der Waals surface area contributed by atoms with Crippen molar-refractivity contribution in [3.63, 3.8) is 0 Å². The third-order valence-corrected chi connectivity index (χ3v) is 5.75. The molecule has 1 N–H and O–H groups in total. The molecule has 168 valence electrons. The molecule has 1 amide bonds. The number of halogens is 4. The van der Waals surface area contributed by atoms with Gasteiger partial charge in [0, 0.05) is 13.1 Å². The molecular formula is C21H19F4N5O2. The van der Waals surface area contributed by atoms with Crippen molar-refractivity contribution in [3.05, 3.63) is 76.9 Å². The number of carboxylic acid groups (broad SMARTS) is 1. The van der Waals surface area contributed by atoms with E-state index in [9.17, 15) is 27.5 Å². The maximum Gasteiger partial charge on any atom is 0.419 e. The predicted octanol–water partition coefficient (Wildman–Crippen LogP) is 3.94. The Bertz CT molecular complexity index is 1110. The Kier molecular flexibility index (Phi) is 5.57. The highest BCUT2D eigenvalue weighted by Crippen LogP contribution is 2.40. The van der Waals surface area contributed by atoms with Gasteiger partial charge in [-0.05, 0) is 41.3 Å². The van der Waals surface area contributed by atoms with Crippen LogP contribution in [0.2, 0.25) is 0 Å². The van der Waals surface area contributed by atoms with E-state index in [-0.39, 0.29) is 25.2 Å². The molecular weight excluding hydrogens is 430 g/mol.